The van der Waals surface area contributed by atoms with E-state index in [0.717, 1.165) is 13.1 Å². The van der Waals surface area contributed by atoms with E-state index >= 15 is 0 Å². The van der Waals surface area contributed by atoms with Crippen molar-refractivity contribution in [1.29, 1.82) is 0 Å². The zero-order valence-electron chi connectivity index (χ0n) is 15.9. The van der Waals surface area contributed by atoms with Crippen LogP contribution in [0.3, 0.4) is 0 Å². The molecule has 1 heterocycles. The highest BCUT2D eigenvalue weighted by atomic mass is 16.2. The average molecular weight is 345 g/mol. The number of carbonyl (C=O) groups excluding carboxylic acids is 2. The van der Waals surface area contributed by atoms with Gasteiger partial charge in [-0.2, -0.15) is 0 Å². The van der Waals surface area contributed by atoms with E-state index in [0.29, 0.717) is 42.7 Å². The summed E-state index contributed by atoms with van der Waals surface area (Å²) >= 11 is 0. The highest BCUT2D eigenvalue weighted by molar-refractivity contribution is 5.97. The van der Waals surface area contributed by atoms with E-state index < -0.39 is 0 Å². The summed E-state index contributed by atoms with van der Waals surface area (Å²) < 4.78 is 0. The topological polar surface area (TPSA) is 52.7 Å². The molecule has 2 rings (SSSR count). The van der Waals surface area contributed by atoms with Crippen molar-refractivity contribution in [2.75, 3.05) is 38.0 Å². The Morgan fingerprint density at radius 2 is 1.80 bits per heavy atom. The Morgan fingerprint density at radius 1 is 1.16 bits per heavy atom. The third kappa shape index (κ3) is 5.56. The number of hydrogen-bond acceptors (Lipinski definition) is 3. The Labute approximate surface area is 151 Å². The van der Waals surface area contributed by atoms with E-state index in [1.165, 1.54) is 6.42 Å². The van der Waals surface area contributed by atoms with Crippen molar-refractivity contribution in [3.8, 4) is 0 Å². The summed E-state index contributed by atoms with van der Waals surface area (Å²) in [5, 5.41) is 2.94. The number of nitrogens with one attached hydrogen (secondary N) is 1. The molecule has 1 N–H and O–H groups in total. The van der Waals surface area contributed by atoms with Crippen LogP contribution in [0.15, 0.2) is 24.3 Å². The predicted octanol–water partition coefficient (Wildman–Crippen LogP) is 3.09. The molecule has 2 amide bonds. The second-order valence-corrected chi connectivity index (χ2v) is 7.25. The molecule has 2 atom stereocenters. The number of benzene rings is 1. The van der Waals surface area contributed by atoms with Gasteiger partial charge in [-0.15, -0.1) is 0 Å². The van der Waals surface area contributed by atoms with Crippen molar-refractivity contribution in [2.45, 2.75) is 34.1 Å². The summed E-state index contributed by atoms with van der Waals surface area (Å²) in [7, 11) is 0. The third-order valence-electron chi connectivity index (χ3n) is 4.76. The van der Waals surface area contributed by atoms with Crippen molar-refractivity contribution in [2.24, 2.45) is 11.8 Å². The van der Waals surface area contributed by atoms with Gasteiger partial charge < -0.3 is 10.2 Å². The SMILES string of the molecule is CCN(CC)C(=O)c1cccc(NC(=O)CN2CC(C)CC(C)C2)c1. The van der Waals surface area contributed by atoms with Crippen molar-refractivity contribution < 1.29 is 9.59 Å². The van der Waals surface area contributed by atoms with Crippen molar-refractivity contribution >= 4 is 17.5 Å². The molecule has 5 nitrogen and oxygen atoms in total. The molecule has 1 saturated heterocycles. The molecule has 1 fully saturated rings. The molecule has 0 aliphatic carbocycles. The Kier molecular flexibility index (Phi) is 7.00. The summed E-state index contributed by atoms with van der Waals surface area (Å²) in [5.74, 6) is 1.24. The van der Waals surface area contributed by atoms with E-state index in [-0.39, 0.29) is 11.8 Å². The molecule has 25 heavy (non-hydrogen) atoms. The normalized spacial score (nSPS) is 21.0. The third-order valence-corrected chi connectivity index (χ3v) is 4.76. The van der Waals surface area contributed by atoms with Gasteiger partial charge in [0.25, 0.3) is 5.91 Å². The first-order valence-corrected chi connectivity index (χ1v) is 9.34. The van der Waals surface area contributed by atoms with E-state index in [9.17, 15) is 9.59 Å². The number of likely N-dealkylation sites (tertiary alicyclic amines) is 1. The fourth-order valence-corrected chi connectivity index (χ4v) is 3.75. The predicted molar refractivity (Wildman–Crippen MR) is 102 cm³/mol. The van der Waals surface area contributed by atoms with Gasteiger partial charge in [0.1, 0.15) is 0 Å². The van der Waals surface area contributed by atoms with Crippen LogP contribution >= 0.6 is 0 Å². The van der Waals surface area contributed by atoms with Crippen LogP contribution in [0.25, 0.3) is 0 Å². The monoisotopic (exact) mass is 345 g/mol. The van der Waals surface area contributed by atoms with E-state index in [2.05, 4.69) is 24.1 Å². The second kappa shape index (κ2) is 8.99. The molecule has 1 aromatic carbocycles. The van der Waals surface area contributed by atoms with Gasteiger partial charge in [0.05, 0.1) is 6.54 Å². The molecule has 5 heteroatoms. The van der Waals surface area contributed by atoms with Crippen LogP contribution in [-0.4, -0.2) is 54.3 Å². The summed E-state index contributed by atoms with van der Waals surface area (Å²) in [5.41, 5.74) is 1.29. The van der Waals surface area contributed by atoms with Gasteiger partial charge in [-0.25, -0.2) is 0 Å². The smallest absolute Gasteiger partial charge is 0.253 e. The molecule has 0 aromatic heterocycles. The minimum atomic E-state index is -0.0197. The Morgan fingerprint density at radius 3 is 2.40 bits per heavy atom. The molecule has 0 bridgehead atoms. The lowest BCUT2D eigenvalue weighted by Gasteiger charge is -2.34. The fraction of sp³-hybridized carbons (Fsp3) is 0.600. The van der Waals surface area contributed by atoms with Crippen LogP contribution in [-0.2, 0) is 4.79 Å². The number of amides is 2. The van der Waals surface area contributed by atoms with Gasteiger partial charge in [-0.05, 0) is 50.3 Å². The van der Waals surface area contributed by atoms with Gasteiger partial charge in [0, 0.05) is 37.4 Å². The Bertz CT molecular complexity index is 588. The zero-order valence-corrected chi connectivity index (χ0v) is 15.9. The maximum absolute atomic E-state index is 12.4. The van der Waals surface area contributed by atoms with Crippen molar-refractivity contribution in [3.05, 3.63) is 29.8 Å². The summed E-state index contributed by atoms with van der Waals surface area (Å²) in [6, 6.07) is 7.21. The molecule has 1 aromatic rings. The fourth-order valence-electron chi connectivity index (χ4n) is 3.75. The number of anilines is 1. The summed E-state index contributed by atoms with van der Waals surface area (Å²) in [4.78, 5) is 28.8. The van der Waals surface area contributed by atoms with Crippen LogP contribution in [0, 0.1) is 11.8 Å². The molecule has 1 aliphatic heterocycles. The molecular weight excluding hydrogens is 314 g/mol. The van der Waals surface area contributed by atoms with Crippen molar-refractivity contribution in [1.82, 2.24) is 9.80 Å². The Hall–Kier alpha value is -1.88. The summed E-state index contributed by atoms with van der Waals surface area (Å²) in [6.45, 7) is 12.1. The maximum atomic E-state index is 12.4. The lowest BCUT2D eigenvalue weighted by Crippen LogP contribution is -2.42. The van der Waals surface area contributed by atoms with Gasteiger partial charge >= 0.3 is 0 Å². The minimum absolute atomic E-state index is 0.000205. The molecule has 138 valence electrons. The zero-order chi connectivity index (χ0) is 18.4. The standard InChI is InChI=1S/C20H31N3O2/c1-5-23(6-2)20(25)17-8-7-9-18(11-17)21-19(24)14-22-12-15(3)10-16(4)13-22/h7-9,11,15-16H,5-6,10,12-14H2,1-4H3,(H,21,24). The lowest BCUT2D eigenvalue weighted by molar-refractivity contribution is -0.117. The van der Waals surface area contributed by atoms with E-state index in [1.807, 2.05) is 26.0 Å². The van der Waals surface area contributed by atoms with Crippen LogP contribution < -0.4 is 5.32 Å². The number of hydrogen-bond donors (Lipinski definition) is 1. The molecule has 2 unspecified atom stereocenters. The second-order valence-electron chi connectivity index (χ2n) is 7.25. The quantitative estimate of drug-likeness (QED) is 0.862. The van der Waals surface area contributed by atoms with Gasteiger partial charge in [0.15, 0.2) is 0 Å². The highest BCUT2D eigenvalue weighted by Crippen LogP contribution is 2.20. The van der Waals surface area contributed by atoms with Crippen LogP contribution in [0.1, 0.15) is 44.5 Å². The summed E-state index contributed by atoms with van der Waals surface area (Å²) in [6.07, 6.45) is 1.23. The molecule has 0 spiro atoms. The molecule has 0 saturated carbocycles. The van der Waals surface area contributed by atoms with Gasteiger partial charge in [-0.1, -0.05) is 19.9 Å². The molecular formula is C20H31N3O2. The molecule has 0 radical (unpaired) electrons. The lowest BCUT2D eigenvalue weighted by atomic mass is 9.92. The first kappa shape index (κ1) is 19.4. The average Bonchev–Trinajstić information content (AvgIpc) is 2.55. The largest absolute Gasteiger partial charge is 0.339 e. The van der Waals surface area contributed by atoms with Crippen molar-refractivity contribution in [3.63, 3.8) is 0 Å². The first-order chi connectivity index (χ1) is 11.9. The van der Waals surface area contributed by atoms with Crippen LogP contribution in [0.4, 0.5) is 5.69 Å². The van der Waals surface area contributed by atoms with E-state index in [1.54, 1.807) is 17.0 Å². The number of nitrogens with zero attached hydrogens (tertiary/aromatic N) is 2. The number of rotatable bonds is 6. The molecule has 1 aliphatic rings. The van der Waals surface area contributed by atoms with Crippen LogP contribution in [0.5, 0.6) is 0 Å². The van der Waals surface area contributed by atoms with Gasteiger partial charge in [0.2, 0.25) is 5.91 Å². The van der Waals surface area contributed by atoms with Crippen LogP contribution in [0.2, 0.25) is 0 Å². The minimum Gasteiger partial charge on any atom is -0.339 e. The number of carbonyl (C=O) groups is 2. The first-order valence-electron chi connectivity index (χ1n) is 9.34. The van der Waals surface area contributed by atoms with Gasteiger partial charge in [-0.3, -0.25) is 14.5 Å². The number of piperidine rings is 1. The maximum Gasteiger partial charge on any atom is 0.253 e. The highest BCUT2D eigenvalue weighted by Gasteiger charge is 2.23. The Balaban J connectivity index is 1.97. The van der Waals surface area contributed by atoms with E-state index in [4.69, 9.17) is 0 Å².